The molecule has 0 radical (unpaired) electrons. The highest BCUT2D eigenvalue weighted by atomic mass is 32.2. The van der Waals surface area contributed by atoms with Crippen molar-refractivity contribution in [1.82, 2.24) is 4.98 Å². The molecule has 1 aromatic heterocycles. The van der Waals surface area contributed by atoms with Crippen molar-refractivity contribution < 1.29 is 0 Å². The molecule has 1 atom stereocenters. The Kier molecular flexibility index (Phi) is 3.75. The minimum atomic E-state index is 0.229. The highest BCUT2D eigenvalue weighted by molar-refractivity contribution is 7.99. The molecule has 3 heteroatoms. The summed E-state index contributed by atoms with van der Waals surface area (Å²) in [6.45, 7) is 6.11. The molecule has 0 aromatic carbocycles. The molecular formula is C10H16N2S. The summed E-state index contributed by atoms with van der Waals surface area (Å²) in [6, 6.07) is 4.41. The summed E-state index contributed by atoms with van der Waals surface area (Å²) in [7, 11) is 0. The van der Waals surface area contributed by atoms with Crippen LogP contribution in [0.2, 0.25) is 0 Å². The van der Waals surface area contributed by atoms with E-state index in [1.54, 1.807) is 11.8 Å². The van der Waals surface area contributed by atoms with Crippen LogP contribution < -0.4 is 5.73 Å². The molecule has 0 spiro atoms. The van der Waals surface area contributed by atoms with Crippen LogP contribution in [0.5, 0.6) is 0 Å². The Hall–Kier alpha value is -0.540. The first-order valence-electron chi connectivity index (χ1n) is 4.41. The lowest BCUT2D eigenvalue weighted by atomic mass is 10.3. The van der Waals surface area contributed by atoms with Crippen LogP contribution >= 0.6 is 11.8 Å². The Balaban J connectivity index is 2.66. The molecule has 0 bridgehead atoms. The van der Waals surface area contributed by atoms with Gasteiger partial charge in [-0.2, -0.15) is 0 Å². The summed E-state index contributed by atoms with van der Waals surface area (Å²) < 4.78 is 0. The molecule has 0 unspecified atom stereocenters. The number of thioether (sulfide) groups is 1. The Morgan fingerprint density at radius 3 is 2.69 bits per heavy atom. The van der Waals surface area contributed by atoms with Crippen molar-refractivity contribution in [3.8, 4) is 0 Å². The smallest absolute Gasteiger partial charge is 0.0966 e. The number of nitrogens with zero attached hydrogens (tertiary/aromatic N) is 1. The lowest BCUT2D eigenvalue weighted by Gasteiger charge is -2.05. The predicted octanol–water partition coefficient (Wildman–Crippen LogP) is 2.14. The van der Waals surface area contributed by atoms with E-state index in [0.29, 0.717) is 0 Å². The number of nitrogens with two attached hydrogens (primary N) is 1. The van der Waals surface area contributed by atoms with Gasteiger partial charge in [-0.25, -0.2) is 4.98 Å². The number of rotatable bonds is 3. The van der Waals surface area contributed by atoms with Crippen LogP contribution in [0.4, 0.5) is 0 Å². The highest BCUT2D eigenvalue weighted by Gasteiger charge is 2.00. The van der Waals surface area contributed by atoms with E-state index >= 15 is 0 Å². The van der Waals surface area contributed by atoms with E-state index in [2.05, 4.69) is 24.0 Å². The molecule has 0 aliphatic carbocycles. The molecule has 1 rings (SSSR count). The summed E-state index contributed by atoms with van der Waals surface area (Å²) in [5.41, 5.74) is 8.01. The highest BCUT2D eigenvalue weighted by Crippen LogP contribution is 2.17. The average Bonchev–Trinajstić information content (AvgIpc) is 1.99. The van der Waals surface area contributed by atoms with E-state index < -0.39 is 0 Å². The first-order chi connectivity index (χ1) is 6.08. The van der Waals surface area contributed by atoms with Crippen LogP contribution in [0, 0.1) is 13.8 Å². The molecule has 2 N–H and O–H groups in total. The van der Waals surface area contributed by atoms with Gasteiger partial charge < -0.3 is 5.73 Å². The van der Waals surface area contributed by atoms with Crippen molar-refractivity contribution >= 4 is 11.8 Å². The largest absolute Gasteiger partial charge is 0.327 e. The summed E-state index contributed by atoms with van der Waals surface area (Å²) in [5.74, 6) is 0.926. The van der Waals surface area contributed by atoms with Gasteiger partial charge in [-0.3, -0.25) is 0 Å². The van der Waals surface area contributed by atoms with Gasteiger partial charge in [-0.05, 0) is 38.5 Å². The summed E-state index contributed by atoms with van der Waals surface area (Å²) >= 11 is 1.72. The van der Waals surface area contributed by atoms with E-state index in [-0.39, 0.29) is 6.04 Å². The zero-order valence-corrected chi connectivity index (χ0v) is 9.19. The molecule has 0 aliphatic rings. The maximum Gasteiger partial charge on any atom is 0.0966 e. The Morgan fingerprint density at radius 1 is 1.46 bits per heavy atom. The molecule has 1 aromatic rings. The normalized spacial score (nSPS) is 12.9. The van der Waals surface area contributed by atoms with Gasteiger partial charge in [0.1, 0.15) is 0 Å². The number of pyridine rings is 1. The molecule has 13 heavy (non-hydrogen) atoms. The molecular weight excluding hydrogens is 180 g/mol. The van der Waals surface area contributed by atoms with Crippen molar-refractivity contribution in [2.75, 3.05) is 5.75 Å². The van der Waals surface area contributed by atoms with Crippen molar-refractivity contribution in [1.29, 1.82) is 0 Å². The van der Waals surface area contributed by atoms with Crippen molar-refractivity contribution in [3.05, 3.63) is 23.4 Å². The first kappa shape index (κ1) is 10.5. The van der Waals surface area contributed by atoms with E-state index in [9.17, 15) is 0 Å². The van der Waals surface area contributed by atoms with Crippen molar-refractivity contribution in [3.63, 3.8) is 0 Å². The zero-order valence-electron chi connectivity index (χ0n) is 8.37. The van der Waals surface area contributed by atoms with E-state index in [0.717, 1.165) is 16.5 Å². The topological polar surface area (TPSA) is 38.9 Å². The molecule has 0 saturated heterocycles. The van der Waals surface area contributed by atoms with E-state index in [1.165, 1.54) is 5.56 Å². The summed E-state index contributed by atoms with van der Waals surface area (Å²) in [6.07, 6.45) is 0. The third-order valence-corrected chi connectivity index (χ3v) is 2.77. The molecule has 1 heterocycles. The molecule has 0 amide bonds. The second-order valence-electron chi connectivity index (χ2n) is 3.41. The maximum absolute atomic E-state index is 5.67. The molecule has 0 fully saturated rings. The van der Waals surface area contributed by atoms with Crippen LogP contribution in [0.15, 0.2) is 17.2 Å². The zero-order chi connectivity index (χ0) is 9.84. The number of hydrogen-bond acceptors (Lipinski definition) is 3. The molecule has 2 nitrogen and oxygen atoms in total. The Labute approximate surface area is 83.9 Å². The van der Waals surface area contributed by atoms with Crippen molar-refractivity contribution in [2.24, 2.45) is 5.73 Å². The van der Waals surface area contributed by atoms with Gasteiger partial charge in [0.2, 0.25) is 0 Å². The first-order valence-corrected chi connectivity index (χ1v) is 5.40. The van der Waals surface area contributed by atoms with Crippen LogP contribution in [-0.2, 0) is 0 Å². The fourth-order valence-corrected chi connectivity index (χ4v) is 2.01. The maximum atomic E-state index is 5.67. The fraction of sp³-hybridized carbons (Fsp3) is 0.500. The van der Waals surface area contributed by atoms with E-state index in [4.69, 9.17) is 5.73 Å². The Bertz CT molecular complexity index is 264. The van der Waals surface area contributed by atoms with Gasteiger partial charge in [-0.15, -0.1) is 11.8 Å². The van der Waals surface area contributed by atoms with Crippen LogP contribution in [0.25, 0.3) is 0 Å². The van der Waals surface area contributed by atoms with Gasteiger partial charge in [0.15, 0.2) is 0 Å². The number of aryl methyl sites for hydroxylation is 2. The van der Waals surface area contributed by atoms with Crippen molar-refractivity contribution in [2.45, 2.75) is 31.8 Å². The van der Waals surface area contributed by atoms with Gasteiger partial charge in [0.05, 0.1) is 5.03 Å². The average molecular weight is 196 g/mol. The summed E-state index contributed by atoms with van der Waals surface area (Å²) in [4.78, 5) is 4.41. The lowest BCUT2D eigenvalue weighted by molar-refractivity contribution is 0.845. The monoisotopic (exact) mass is 196 g/mol. The minimum Gasteiger partial charge on any atom is -0.327 e. The van der Waals surface area contributed by atoms with Gasteiger partial charge in [0, 0.05) is 17.5 Å². The Morgan fingerprint density at radius 2 is 2.15 bits per heavy atom. The fourth-order valence-electron chi connectivity index (χ4n) is 1.10. The summed E-state index contributed by atoms with van der Waals surface area (Å²) in [5, 5.41) is 1.08. The minimum absolute atomic E-state index is 0.229. The molecule has 0 saturated carbocycles. The van der Waals surface area contributed by atoms with Gasteiger partial charge >= 0.3 is 0 Å². The van der Waals surface area contributed by atoms with Gasteiger partial charge in [0.25, 0.3) is 0 Å². The quantitative estimate of drug-likeness (QED) is 0.753. The van der Waals surface area contributed by atoms with Crippen LogP contribution in [-0.4, -0.2) is 16.8 Å². The lowest BCUT2D eigenvalue weighted by Crippen LogP contribution is -2.17. The molecule has 0 aliphatic heterocycles. The number of aromatic nitrogens is 1. The second kappa shape index (κ2) is 4.63. The number of hydrogen-bond donors (Lipinski definition) is 1. The van der Waals surface area contributed by atoms with Crippen LogP contribution in [0.3, 0.4) is 0 Å². The molecule has 72 valence electrons. The van der Waals surface area contributed by atoms with Crippen LogP contribution in [0.1, 0.15) is 18.2 Å². The second-order valence-corrected chi connectivity index (χ2v) is 4.45. The SMILES string of the molecule is Cc1cc(C)nc(SC[C@H](C)N)c1. The third-order valence-electron chi connectivity index (χ3n) is 1.57. The third kappa shape index (κ3) is 3.79. The predicted molar refractivity (Wildman–Crippen MR) is 58.1 cm³/mol. The van der Waals surface area contributed by atoms with Gasteiger partial charge in [-0.1, -0.05) is 0 Å². The van der Waals surface area contributed by atoms with E-state index in [1.807, 2.05) is 13.8 Å². The standard InChI is InChI=1S/C10H16N2S/c1-7-4-9(3)12-10(5-7)13-6-8(2)11/h4-5,8H,6,11H2,1-3H3/t8-/m0/s1.